The van der Waals surface area contributed by atoms with Crippen molar-refractivity contribution in [2.24, 2.45) is 47.2 Å². The molecule has 6 aliphatic heterocycles. The van der Waals surface area contributed by atoms with Crippen LogP contribution in [0, 0.1) is 53.3 Å². The van der Waals surface area contributed by atoms with Gasteiger partial charge in [0.2, 0.25) is 5.91 Å². The molecule has 2 saturated carbocycles. The summed E-state index contributed by atoms with van der Waals surface area (Å²) >= 11 is 0. The second kappa shape index (κ2) is 13.9. The zero-order valence-electron chi connectivity index (χ0n) is 31.6. The maximum atomic E-state index is 14.6. The number of hydrogen-bond acceptors (Lipinski definition) is 11. The third-order valence-corrected chi connectivity index (χ3v) is 17.9. The van der Waals surface area contributed by atoms with E-state index in [1.54, 1.807) is 0 Å². The number of esters is 2. The summed E-state index contributed by atoms with van der Waals surface area (Å²) in [6, 6.07) is 0.460. The molecule has 5 saturated heterocycles. The minimum atomic E-state index is -1.00. The topological polar surface area (TPSA) is 132 Å². The van der Waals surface area contributed by atoms with Crippen molar-refractivity contribution in [1.82, 2.24) is 15.5 Å². The van der Waals surface area contributed by atoms with Crippen molar-refractivity contribution in [2.75, 3.05) is 25.9 Å². The van der Waals surface area contributed by atoms with E-state index in [1.807, 2.05) is 48.6 Å². The van der Waals surface area contributed by atoms with E-state index in [4.69, 9.17) is 19.9 Å². The molecule has 15 atom stereocenters. The van der Waals surface area contributed by atoms with Crippen LogP contribution in [-0.4, -0.2) is 95.5 Å². The zero-order valence-corrected chi connectivity index (χ0v) is 33.2. The van der Waals surface area contributed by atoms with Crippen LogP contribution in [-0.2, 0) is 28.6 Å². The van der Waals surface area contributed by atoms with E-state index in [1.165, 1.54) is 11.1 Å². The Hall–Kier alpha value is -2.01. The van der Waals surface area contributed by atoms with E-state index in [-0.39, 0.29) is 77.9 Å². The van der Waals surface area contributed by atoms with Crippen molar-refractivity contribution in [3.8, 4) is 11.8 Å². The number of piperidine rings is 1. The number of nitrogens with one attached hydrogen (secondary N) is 2. The average Bonchev–Trinajstić information content (AvgIpc) is 3.47. The fraction of sp³-hybridized carbons (Fsp3) is 0.780. The van der Waals surface area contributed by atoms with Crippen molar-refractivity contribution < 1.29 is 28.6 Å². The molecule has 6 heterocycles. The summed E-state index contributed by atoms with van der Waals surface area (Å²) in [7, 11) is 5.94. The summed E-state index contributed by atoms with van der Waals surface area (Å²) in [6.45, 7) is 7.25. The Morgan fingerprint density at radius 3 is 2.81 bits per heavy atom. The minimum absolute atomic E-state index is 0.0268. The summed E-state index contributed by atoms with van der Waals surface area (Å²) in [5.41, 5.74) is 8.17. The molecular formula is C41H56N4O6S2. The molecule has 53 heavy (non-hydrogen) atoms. The lowest BCUT2D eigenvalue weighted by atomic mass is 9.54. The van der Waals surface area contributed by atoms with Crippen LogP contribution in [0.15, 0.2) is 22.8 Å². The fourth-order valence-corrected chi connectivity index (χ4v) is 15.7. The highest BCUT2D eigenvalue weighted by Crippen LogP contribution is 2.64. The van der Waals surface area contributed by atoms with E-state index in [9.17, 15) is 14.4 Å². The molecule has 4 N–H and O–H groups in total. The van der Waals surface area contributed by atoms with Gasteiger partial charge in [-0.3, -0.25) is 9.59 Å². The summed E-state index contributed by atoms with van der Waals surface area (Å²) in [5.74, 6) is 9.19. The van der Waals surface area contributed by atoms with Crippen LogP contribution in [0.3, 0.4) is 0 Å². The Labute approximate surface area is 322 Å². The van der Waals surface area contributed by atoms with Crippen molar-refractivity contribution in [3.63, 3.8) is 0 Å². The maximum absolute atomic E-state index is 14.6. The van der Waals surface area contributed by atoms with Gasteiger partial charge in [0.25, 0.3) is 0 Å². The molecule has 1 spiro atoms. The second-order valence-electron chi connectivity index (χ2n) is 17.8. The highest BCUT2D eigenvalue weighted by atomic mass is 33.1. The normalized spacial score (nSPS) is 47.5. The Morgan fingerprint density at radius 2 is 2.00 bits per heavy atom. The summed E-state index contributed by atoms with van der Waals surface area (Å²) in [5, 5.41) is 7.50. The monoisotopic (exact) mass is 764 g/mol. The zero-order chi connectivity index (χ0) is 36.8. The quantitative estimate of drug-likeness (QED) is 0.125. The van der Waals surface area contributed by atoms with Crippen molar-refractivity contribution in [3.05, 3.63) is 22.8 Å². The van der Waals surface area contributed by atoms with Gasteiger partial charge in [-0.05, 0) is 83.6 Å². The van der Waals surface area contributed by atoms with Crippen molar-refractivity contribution in [2.45, 2.75) is 132 Å². The standard InChI is InChI=1S/C41H56N4O6S2/c1-5-21(2)39(48)51-40(3)16-24-8-6-7-23-12-32-38-28(37(23)43-4)19-45(38)34(46)13-26-18-44-33(42)14-27(26)36(29(24)20-52-53-32)41(40)17-25-11-22-9-10-35(47)49-30(22)15-31(25)50-41/h5,22-23,25-28,30-33,36-38,43-44H,8-20,42H2,1-4H3/t22?,23-,25?,26?,27?,28+,30?,31?,32-,33?,36?,37-,38-,40-,41-/m0/s1. The molecule has 9 aliphatic rings. The number of amides is 1. The van der Waals surface area contributed by atoms with Gasteiger partial charge in [0, 0.05) is 85.6 Å². The average molecular weight is 765 g/mol. The van der Waals surface area contributed by atoms with Crippen molar-refractivity contribution in [1.29, 1.82) is 0 Å². The van der Waals surface area contributed by atoms with E-state index < -0.39 is 11.2 Å². The van der Waals surface area contributed by atoms with Gasteiger partial charge >= 0.3 is 11.9 Å². The Kier molecular flexibility index (Phi) is 9.59. The van der Waals surface area contributed by atoms with E-state index in [0.717, 1.165) is 38.0 Å². The minimum Gasteiger partial charge on any atom is -0.462 e. The first-order chi connectivity index (χ1) is 25.5. The van der Waals surface area contributed by atoms with Gasteiger partial charge in [0.15, 0.2) is 0 Å². The number of carbonyl (C=O) groups excluding carboxylic acids is 3. The Bertz CT molecular complexity index is 1680. The number of allylic oxidation sites excluding steroid dienone is 1. The molecule has 3 bridgehead atoms. The van der Waals surface area contributed by atoms with Crippen LogP contribution in [0.2, 0.25) is 0 Å². The summed E-state index contributed by atoms with van der Waals surface area (Å²) in [6.07, 6.45) is 8.27. The predicted octanol–water partition coefficient (Wildman–Crippen LogP) is 4.34. The van der Waals surface area contributed by atoms with Gasteiger partial charge in [-0.1, -0.05) is 50.7 Å². The number of nitrogens with two attached hydrogens (primary N) is 1. The van der Waals surface area contributed by atoms with E-state index in [0.29, 0.717) is 67.7 Å². The van der Waals surface area contributed by atoms with Gasteiger partial charge in [-0.2, -0.15) is 0 Å². The molecule has 3 aliphatic carbocycles. The lowest BCUT2D eigenvalue weighted by Crippen LogP contribution is -2.72. The number of hydrogen-bond donors (Lipinski definition) is 3. The van der Waals surface area contributed by atoms with Gasteiger partial charge < -0.3 is 35.5 Å². The molecule has 12 heteroatoms. The first-order valence-electron chi connectivity index (χ1n) is 20.2. The number of nitrogens with zero attached hydrogens (tertiary/aromatic N) is 1. The molecule has 8 unspecified atom stereocenters. The van der Waals surface area contributed by atoms with Gasteiger partial charge in [0.05, 0.1) is 18.3 Å². The lowest BCUT2D eigenvalue weighted by Gasteiger charge is -2.60. The predicted molar refractivity (Wildman–Crippen MR) is 205 cm³/mol. The molecule has 7 fully saturated rings. The van der Waals surface area contributed by atoms with E-state index in [2.05, 4.69) is 34.3 Å². The highest BCUT2D eigenvalue weighted by molar-refractivity contribution is 8.77. The second-order valence-corrected chi connectivity index (χ2v) is 20.4. The van der Waals surface area contributed by atoms with Gasteiger partial charge in [-0.25, -0.2) is 4.79 Å². The largest absolute Gasteiger partial charge is 0.462 e. The number of rotatable bonds is 3. The molecule has 1 amide bonds. The van der Waals surface area contributed by atoms with Crippen LogP contribution in [0.5, 0.6) is 0 Å². The molecule has 0 aromatic rings. The molecule has 9 rings (SSSR count). The first-order valence-corrected chi connectivity index (χ1v) is 22.6. The molecule has 288 valence electrons. The lowest BCUT2D eigenvalue weighted by molar-refractivity contribution is -0.230. The molecular weight excluding hydrogens is 709 g/mol. The SMILES string of the molecule is CC=C(C)C(=O)O[C@@]1(C)CC2=C3CSS[C@H]4C[C@H](C#CC2)[C@H](NC)[C@H]2CN(C(=O)CC5CNC(N)CC5C3[C@@]13CC1CC5CCC(=O)OC5CC1O3)[C@@H]24. The molecule has 0 aromatic carbocycles. The highest BCUT2D eigenvalue weighted by Gasteiger charge is 2.69. The molecule has 0 aromatic heterocycles. The molecule has 0 radical (unpaired) electrons. The third-order valence-electron chi connectivity index (χ3n) is 15.2. The maximum Gasteiger partial charge on any atom is 0.334 e. The third kappa shape index (κ3) is 5.96. The smallest absolute Gasteiger partial charge is 0.334 e. The Balaban J connectivity index is 1.22. The summed E-state index contributed by atoms with van der Waals surface area (Å²) in [4.78, 5) is 43.2. The van der Waals surface area contributed by atoms with Crippen LogP contribution < -0.4 is 16.4 Å². The van der Waals surface area contributed by atoms with Crippen LogP contribution >= 0.6 is 21.6 Å². The van der Waals surface area contributed by atoms with Crippen LogP contribution in [0.4, 0.5) is 0 Å². The number of carbonyl (C=O) groups is 3. The Morgan fingerprint density at radius 1 is 1.15 bits per heavy atom. The molecule has 10 nitrogen and oxygen atoms in total. The van der Waals surface area contributed by atoms with Gasteiger partial charge in [-0.15, -0.1) is 0 Å². The first kappa shape index (κ1) is 36.6. The number of ether oxygens (including phenoxy) is 3. The van der Waals surface area contributed by atoms with Crippen molar-refractivity contribution >= 4 is 39.4 Å². The number of fused-ring (bicyclic) bond motifs is 8. The van der Waals surface area contributed by atoms with E-state index >= 15 is 0 Å². The van der Waals surface area contributed by atoms with Gasteiger partial charge in [0.1, 0.15) is 17.3 Å². The summed E-state index contributed by atoms with van der Waals surface area (Å²) < 4.78 is 20.5. The van der Waals surface area contributed by atoms with Crippen LogP contribution in [0.1, 0.15) is 85.0 Å². The fourth-order valence-electron chi connectivity index (χ4n) is 12.5. The van der Waals surface area contributed by atoms with Crippen LogP contribution in [0.25, 0.3) is 0 Å².